The van der Waals surface area contributed by atoms with Crippen molar-refractivity contribution in [2.24, 2.45) is 7.05 Å². The first-order valence-corrected chi connectivity index (χ1v) is 4.37. The van der Waals surface area contributed by atoms with Crippen LogP contribution in [0.4, 0.5) is 0 Å². The van der Waals surface area contributed by atoms with Gasteiger partial charge in [-0.25, -0.2) is 4.98 Å². The second-order valence-electron chi connectivity index (χ2n) is 2.82. The third kappa shape index (κ3) is 3.52. The molecule has 0 saturated carbocycles. The maximum absolute atomic E-state index is 4.93. The average Bonchev–Trinajstić information content (AvgIpc) is 2.52. The van der Waals surface area contributed by atoms with E-state index in [1.54, 1.807) is 18.1 Å². The van der Waals surface area contributed by atoms with Gasteiger partial charge in [-0.15, -0.1) is 0 Å². The van der Waals surface area contributed by atoms with E-state index in [1.165, 1.54) is 0 Å². The Bertz CT molecular complexity index is 236. The summed E-state index contributed by atoms with van der Waals surface area (Å²) in [5.41, 5.74) is 0. The molecule has 1 aromatic heterocycles. The number of hydrogen-bond donors (Lipinski definition) is 1. The normalized spacial score (nSPS) is 10.6. The Labute approximate surface area is 78.1 Å². The predicted molar refractivity (Wildman–Crippen MR) is 49.2 cm³/mol. The zero-order valence-corrected chi connectivity index (χ0v) is 8.16. The van der Waals surface area contributed by atoms with Crippen molar-refractivity contribution in [2.75, 3.05) is 20.3 Å². The van der Waals surface area contributed by atoms with Crippen LogP contribution in [0, 0.1) is 0 Å². The van der Waals surface area contributed by atoms with Crippen LogP contribution in [0.25, 0.3) is 0 Å². The summed E-state index contributed by atoms with van der Waals surface area (Å²) < 4.78 is 6.70. The molecule has 1 aromatic rings. The van der Waals surface area contributed by atoms with Gasteiger partial charge in [-0.2, -0.15) is 5.10 Å². The van der Waals surface area contributed by atoms with E-state index in [1.807, 2.05) is 7.05 Å². The number of nitrogens with zero attached hydrogens (tertiary/aromatic N) is 3. The Hall–Kier alpha value is -0.940. The van der Waals surface area contributed by atoms with Crippen molar-refractivity contribution in [3.63, 3.8) is 0 Å². The molecule has 0 aliphatic heterocycles. The molecular formula is C8H16N4O. The molecule has 0 saturated heterocycles. The molecule has 1 N–H and O–H groups in total. The largest absolute Gasteiger partial charge is 0.385 e. The van der Waals surface area contributed by atoms with Gasteiger partial charge in [0.2, 0.25) is 0 Å². The summed E-state index contributed by atoms with van der Waals surface area (Å²) >= 11 is 0. The first-order chi connectivity index (χ1) is 6.34. The quantitative estimate of drug-likeness (QED) is 0.629. The van der Waals surface area contributed by atoms with Crippen LogP contribution in [-0.4, -0.2) is 35.0 Å². The molecule has 0 unspecified atom stereocenters. The summed E-state index contributed by atoms with van der Waals surface area (Å²) in [6, 6.07) is 0. The van der Waals surface area contributed by atoms with Crippen LogP contribution in [-0.2, 0) is 18.3 Å². The lowest BCUT2D eigenvalue weighted by Crippen LogP contribution is -2.18. The van der Waals surface area contributed by atoms with Crippen LogP contribution >= 0.6 is 0 Å². The lowest BCUT2D eigenvalue weighted by molar-refractivity contribution is 0.194. The van der Waals surface area contributed by atoms with Gasteiger partial charge in [-0.1, -0.05) is 0 Å². The van der Waals surface area contributed by atoms with Crippen molar-refractivity contribution in [1.82, 2.24) is 20.1 Å². The monoisotopic (exact) mass is 184 g/mol. The molecule has 0 bridgehead atoms. The molecule has 74 valence electrons. The highest BCUT2D eigenvalue weighted by Crippen LogP contribution is 1.89. The maximum Gasteiger partial charge on any atom is 0.140 e. The van der Waals surface area contributed by atoms with Gasteiger partial charge in [0.1, 0.15) is 12.2 Å². The van der Waals surface area contributed by atoms with E-state index < -0.39 is 0 Å². The van der Waals surface area contributed by atoms with Crippen LogP contribution in [0.5, 0.6) is 0 Å². The van der Waals surface area contributed by atoms with Crippen LogP contribution in [0.3, 0.4) is 0 Å². The highest BCUT2D eigenvalue weighted by molar-refractivity contribution is 4.81. The van der Waals surface area contributed by atoms with E-state index in [4.69, 9.17) is 4.74 Å². The molecule has 1 heterocycles. The standard InChI is InChI=1S/C8H16N4O/c1-12-8(10-7-11-12)6-9-4-3-5-13-2/h7,9H,3-6H2,1-2H3. The number of rotatable bonds is 6. The summed E-state index contributed by atoms with van der Waals surface area (Å²) in [5.74, 6) is 0.956. The smallest absolute Gasteiger partial charge is 0.140 e. The van der Waals surface area contributed by atoms with E-state index in [-0.39, 0.29) is 0 Å². The number of aromatic nitrogens is 3. The van der Waals surface area contributed by atoms with Gasteiger partial charge < -0.3 is 10.1 Å². The maximum atomic E-state index is 4.93. The summed E-state index contributed by atoms with van der Waals surface area (Å²) in [6.07, 6.45) is 2.58. The first kappa shape index (κ1) is 10.1. The van der Waals surface area contributed by atoms with E-state index in [2.05, 4.69) is 15.4 Å². The van der Waals surface area contributed by atoms with Crippen molar-refractivity contribution in [3.05, 3.63) is 12.2 Å². The molecule has 13 heavy (non-hydrogen) atoms. The molecule has 5 heteroatoms. The highest BCUT2D eigenvalue weighted by atomic mass is 16.5. The second-order valence-corrected chi connectivity index (χ2v) is 2.82. The molecule has 0 fully saturated rings. The number of nitrogens with one attached hydrogen (secondary N) is 1. The van der Waals surface area contributed by atoms with E-state index >= 15 is 0 Å². The SMILES string of the molecule is COCCCNCc1ncnn1C. The molecule has 0 aromatic carbocycles. The zero-order chi connectivity index (χ0) is 9.52. The van der Waals surface area contributed by atoms with Gasteiger partial charge in [0.15, 0.2) is 0 Å². The summed E-state index contributed by atoms with van der Waals surface area (Å²) in [6.45, 7) is 2.51. The number of methoxy groups -OCH3 is 1. The minimum absolute atomic E-state index is 0.764. The third-order valence-electron chi connectivity index (χ3n) is 1.79. The molecule has 0 aliphatic rings. The molecule has 0 aliphatic carbocycles. The number of hydrogen-bond acceptors (Lipinski definition) is 4. The summed E-state index contributed by atoms with van der Waals surface area (Å²) in [4.78, 5) is 4.09. The Morgan fingerprint density at radius 2 is 2.46 bits per heavy atom. The number of aryl methyl sites for hydroxylation is 1. The highest BCUT2D eigenvalue weighted by Gasteiger charge is 1.97. The Morgan fingerprint density at radius 1 is 1.62 bits per heavy atom. The number of ether oxygens (including phenoxy) is 1. The van der Waals surface area contributed by atoms with Crippen molar-refractivity contribution in [3.8, 4) is 0 Å². The van der Waals surface area contributed by atoms with Gasteiger partial charge in [0.25, 0.3) is 0 Å². The lowest BCUT2D eigenvalue weighted by Gasteiger charge is -2.02. The van der Waals surface area contributed by atoms with Gasteiger partial charge in [0.05, 0.1) is 6.54 Å². The summed E-state index contributed by atoms with van der Waals surface area (Å²) in [7, 11) is 3.60. The third-order valence-corrected chi connectivity index (χ3v) is 1.79. The van der Waals surface area contributed by atoms with Gasteiger partial charge >= 0.3 is 0 Å². The van der Waals surface area contributed by atoms with Crippen LogP contribution in [0.2, 0.25) is 0 Å². The van der Waals surface area contributed by atoms with E-state index in [0.717, 1.165) is 31.9 Å². The topological polar surface area (TPSA) is 52.0 Å². The lowest BCUT2D eigenvalue weighted by atomic mass is 10.4. The fourth-order valence-corrected chi connectivity index (χ4v) is 1.02. The van der Waals surface area contributed by atoms with Crippen molar-refractivity contribution in [1.29, 1.82) is 0 Å². The van der Waals surface area contributed by atoms with Crippen molar-refractivity contribution in [2.45, 2.75) is 13.0 Å². The van der Waals surface area contributed by atoms with Gasteiger partial charge in [-0.05, 0) is 13.0 Å². The molecule has 0 spiro atoms. The molecule has 0 atom stereocenters. The van der Waals surface area contributed by atoms with Crippen molar-refractivity contribution < 1.29 is 4.74 Å². The fourth-order valence-electron chi connectivity index (χ4n) is 1.02. The zero-order valence-electron chi connectivity index (χ0n) is 8.16. The van der Waals surface area contributed by atoms with Crippen LogP contribution < -0.4 is 5.32 Å². The second kappa shape index (κ2) is 5.66. The van der Waals surface area contributed by atoms with E-state index in [9.17, 15) is 0 Å². The minimum Gasteiger partial charge on any atom is -0.385 e. The summed E-state index contributed by atoms with van der Waals surface area (Å²) in [5, 5.41) is 7.23. The molecule has 0 amide bonds. The van der Waals surface area contributed by atoms with Crippen LogP contribution in [0.1, 0.15) is 12.2 Å². The Balaban J connectivity index is 2.10. The molecular weight excluding hydrogens is 168 g/mol. The van der Waals surface area contributed by atoms with Crippen molar-refractivity contribution >= 4 is 0 Å². The Morgan fingerprint density at radius 3 is 3.08 bits per heavy atom. The minimum atomic E-state index is 0.764. The van der Waals surface area contributed by atoms with Gasteiger partial charge in [0, 0.05) is 20.8 Å². The average molecular weight is 184 g/mol. The molecule has 5 nitrogen and oxygen atoms in total. The Kier molecular flexibility index (Phi) is 4.42. The molecule has 0 radical (unpaired) electrons. The predicted octanol–water partition coefficient (Wildman–Crippen LogP) is -0.0588. The first-order valence-electron chi connectivity index (χ1n) is 4.37. The van der Waals surface area contributed by atoms with Gasteiger partial charge in [-0.3, -0.25) is 4.68 Å². The fraction of sp³-hybridized carbons (Fsp3) is 0.750. The molecule has 1 rings (SSSR count). The van der Waals surface area contributed by atoms with Crippen LogP contribution in [0.15, 0.2) is 6.33 Å². The van der Waals surface area contributed by atoms with E-state index in [0.29, 0.717) is 0 Å².